The molecule has 0 bridgehead atoms. The van der Waals surface area contributed by atoms with Gasteiger partial charge in [0.15, 0.2) is 0 Å². The average molecular weight is 394 g/mol. The largest absolute Gasteiger partial charge is 0.350 e. The van der Waals surface area contributed by atoms with Gasteiger partial charge < -0.3 is 10.2 Å². The van der Waals surface area contributed by atoms with E-state index in [2.05, 4.69) is 10.4 Å². The molecular formula is C23H27FN4O. The number of nitrogens with zero attached hydrogens (tertiary/aromatic N) is 3. The number of aryl methyl sites for hydroxylation is 1. The first-order valence-corrected chi connectivity index (χ1v) is 9.74. The first kappa shape index (κ1) is 20.7. The highest BCUT2D eigenvalue weighted by atomic mass is 19.1. The van der Waals surface area contributed by atoms with Crippen molar-refractivity contribution in [2.45, 2.75) is 26.3 Å². The second-order valence-electron chi connectivity index (χ2n) is 7.35. The highest BCUT2D eigenvalue weighted by Gasteiger charge is 2.20. The molecule has 6 heteroatoms. The number of carbonyl (C=O) groups is 1. The molecule has 1 heterocycles. The van der Waals surface area contributed by atoms with Gasteiger partial charge >= 0.3 is 0 Å². The van der Waals surface area contributed by atoms with Gasteiger partial charge in [-0.1, -0.05) is 36.8 Å². The Morgan fingerprint density at radius 1 is 1.21 bits per heavy atom. The highest BCUT2D eigenvalue weighted by molar-refractivity contribution is 5.95. The summed E-state index contributed by atoms with van der Waals surface area (Å²) >= 11 is 0. The van der Waals surface area contributed by atoms with Crippen molar-refractivity contribution in [3.05, 3.63) is 82.9 Å². The summed E-state index contributed by atoms with van der Waals surface area (Å²) in [4.78, 5) is 14.9. The Labute approximate surface area is 171 Å². The molecular weight excluding hydrogens is 367 g/mol. The molecule has 0 aliphatic carbocycles. The number of amides is 1. The van der Waals surface area contributed by atoms with Gasteiger partial charge in [0.25, 0.3) is 5.91 Å². The summed E-state index contributed by atoms with van der Waals surface area (Å²) in [6.45, 7) is 4.41. The topological polar surface area (TPSA) is 50.2 Å². The lowest BCUT2D eigenvalue weighted by Gasteiger charge is -2.25. The van der Waals surface area contributed by atoms with Crippen LogP contribution in [0.4, 0.5) is 4.39 Å². The van der Waals surface area contributed by atoms with Gasteiger partial charge in [-0.15, -0.1) is 0 Å². The average Bonchev–Trinajstić information content (AvgIpc) is 3.12. The summed E-state index contributed by atoms with van der Waals surface area (Å²) in [5.74, 6) is -0.461. The predicted octanol–water partition coefficient (Wildman–Crippen LogP) is 3.91. The molecule has 5 nitrogen and oxygen atoms in total. The molecule has 0 saturated heterocycles. The minimum atomic E-state index is -0.284. The van der Waals surface area contributed by atoms with Crippen LogP contribution in [-0.4, -0.2) is 41.2 Å². The molecule has 0 aliphatic heterocycles. The van der Waals surface area contributed by atoms with Crippen molar-refractivity contribution in [1.82, 2.24) is 20.0 Å². The number of benzene rings is 2. The van der Waals surface area contributed by atoms with Gasteiger partial charge in [0, 0.05) is 6.54 Å². The molecule has 1 amide bonds. The van der Waals surface area contributed by atoms with E-state index in [1.54, 1.807) is 12.3 Å². The molecule has 1 atom stereocenters. The first-order chi connectivity index (χ1) is 13.9. The quantitative estimate of drug-likeness (QED) is 0.661. The number of rotatable bonds is 7. The molecule has 1 N–H and O–H groups in total. The van der Waals surface area contributed by atoms with E-state index in [1.807, 2.05) is 67.9 Å². The van der Waals surface area contributed by atoms with Crippen LogP contribution in [0.15, 0.2) is 54.7 Å². The summed E-state index contributed by atoms with van der Waals surface area (Å²) in [6, 6.07) is 14.4. The van der Waals surface area contributed by atoms with E-state index in [4.69, 9.17) is 0 Å². The number of hydrogen-bond acceptors (Lipinski definition) is 3. The molecule has 2 aromatic carbocycles. The van der Waals surface area contributed by atoms with Crippen LogP contribution in [0.3, 0.4) is 0 Å². The Morgan fingerprint density at radius 2 is 1.93 bits per heavy atom. The lowest BCUT2D eigenvalue weighted by atomic mass is 10.1. The van der Waals surface area contributed by atoms with Crippen LogP contribution < -0.4 is 5.32 Å². The maximum atomic E-state index is 13.6. The Bertz CT molecular complexity index is 979. The minimum Gasteiger partial charge on any atom is -0.350 e. The minimum absolute atomic E-state index is 0.133. The maximum Gasteiger partial charge on any atom is 0.254 e. The molecule has 3 aromatic rings. The number of nitrogens with one attached hydrogen (secondary N) is 1. The van der Waals surface area contributed by atoms with Crippen LogP contribution in [-0.2, 0) is 6.42 Å². The SMILES string of the molecule is CCc1c(C(=O)NC[C@H](c2cccc(F)c2)N(C)C)cnn1-c1ccc(C)cc1. The molecule has 0 aliphatic rings. The second-order valence-corrected chi connectivity index (χ2v) is 7.35. The molecule has 0 radical (unpaired) electrons. The van der Waals surface area contributed by atoms with E-state index in [9.17, 15) is 9.18 Å². The van der Waals surface area contributed by atoms with E-state index in [-0.39, 0.29) is 17.8 Å². The van der Waals surface area contributed by atoms with Gasteiger partial charge in [0.1, 0.15) is 5.82 Å². The molecule has 1 aromatic heterocycles. The van der Waals surface area contributed by atoms with Crippen LogP contribution in [0.25, 0.3) is 5.69 Å². The van der Waals surface area contributed by atoms with Crippen LogP contribution in [0.5, 0.6) is 0 Å². The number of aromatic nitrogens is 2. The number of carbonyl (C=O) groups excluding carboxylic acids is 1. The summed E-state index contributed by atoms with van der Waals surface area (Å²) in [6.07, 6.45) is 2.29. The monoisotopic (exact) mass is 394 g/mol. The second kappa shape index (κ2) is 9.01. The van der Waals surface area contributed by atoms with Crippen LogP contribution in [0, 0.1) is 12.7 Å². The molecule has 0 spiro atoms. The lowest BCUT2D eigenvalue weighted by Crippen LogP contribution is -2.34. The Hall–Kier alpha value is -2.99. The van der Waals surface area contributed by atoms with Gasteiger partial charge in [-0.2, -0.15) is 5.10 Å². The highest BCUT2D eigenvalue weighted by Crippen LogP contribution is 2.20. The molecule has 29 heavy (non-hydrogen) atoms. The van der Waals surface area contributed by atoms with E-state index in [1.165, 1.54) is 17.7 Å². The smallest absolute Gasteiger partial charge is 0.254 e. The van der Waals surface area contributed by atoms with Gasteiger partial charge in [0.2, 0.25) is 0 Å². The van der Waals surface area contributed by atoms with Crippen LogP contribution >= 0.6 is 0 Å². The molecule has 0 unspecified atom stereocenters. The number of likely N-dealkylation sites (N-methyl/N-ethyl adjacent to an activating group) is 1. The van der Waals surface area contributed by atoms with E-state index >= 15 is 0 Å². The summed E-state index contributed by atoms with van der Waals surface area (Å²) in [7, 11) is 3.82. The Kier molecular flexibility index (Phi) is 6.44. The van der Waals surface area contributed by atoms with Gasteiger partial charge in [-0.05, 0) is 57.3 Å². The zero-order chi connectivity index (χ0) is 21.0. The predicted molar refractivity (Wildman–Crippen MR) is 113 cm³/mol. The van der Waals surface area contributed by atoms with Gasteiger partial charge in [-0.25, -0.2) is 9.07 Å². The fraction of sp³-hybridized carbons (Fsp3) is 0.304. The van der Waals surface area contributed by atoms with Crippen molar-refractivity contribution in [2.24, 2.45) is 0 Å². The van der Waals surface area contributed by atoms with Crippen molar-refractivity contribution in [3.63, 3.8) is 0 Å². The van der Waals surface area contributed by atoms with Crippen LogP contribution in [0.1, 0.15) is 40.1 Å². The fourth-order valence-corrected chi connectivity index (χ4v) is 3.41. The van der Waals surface area contributed by atoms with E-state index in [0.29, 0.717) is 18.5 Å². The molecule has 152 valence electrons. The third-order valence-electron chi connectivity index (χ3n) is 5.04. The lowest BCUT2D eigenvalue weighted by molar-refractivity contribution is 0.0941. The zero-order valence-corrected chi connectivity index (χ0v) is 17.3. The number of hydrogen-bond donors (Lipinski definition) is 1. The van der Waals surface area contributed by atoms with Crippen molar-refractivity contribution in [2.75, 3.05) is 20.6 Å². The maximum absolute atomic E-state index is 13.6. The van der Waals surface area contributed by atoms with Gasteiger partial charge in [0.05, 0.1) is 29.2 Å². The summed E-state index contributed by atoms with van der Waals surface area (Å²) in [5, 5.41) is 7.43. The van der Waals surface area contributed by atoms with Crippen molar-refractivity contribution in [1.29, 1.82) is 0 Å². The number of halogens is 1. The van der Waals surface area contributed by atoms with Crippen molar-refractivity contribution >= 4 is 5.91 Å². The zero-order valence-electron chi connectivity index (χ0n) is 17.3. The summed E-state index contributed by atoms with van der Waals surface area (Å²) in [5.41, 5.74) is 4.34. The first-order valence-electron chi connectivity index (χ1n) is 9.74. The van der Waals surface area contributed by atoms with Crippen molar-refractivity contribution < 1.29 is 9.18 Å². The van der Waals surface area contributed by atoms with Crippen molar-refractivity contribution in [3.8, 4) is 5.69 Å². The molecule has 3 rings (SSSR count). The Balaban J connectivity index is 1.79. The van der Waals surface area contributed by atoms with Gasteiger partial charge in [-0.3, -0.25) is 4.79 Å². The molecule has 0 saturated carbocycles. The van der Waals surface area contributed by atoms with Crippen LogP contribution in [0.2, 0.25) is 0 Å². The third kappa shape index (κ3) is 4.71. The Morgan fingerprint density at radius 3 is 2.55 bits per heavy atom. The fourth-order valence-electron chi connectivity index (χ4n) is 3.41. The molecule has 0 fully saturated rings. The normalized spacial score (nSPS) is 12.2. The van der Waals surface area contributed by atoms with E-state index in [0.717, 1.165) is 16.9 Å². The van der Waals surface area contributed by atoms with E-state index < -0.39 is 0 Å². The summed E-state index contributed by atoms with van der Waals surface area (Å²) < 4.78 is 15.4. The standard InChI is InChI=1S/C23H27FN4O/c1-5-21-20(14-26-28(21)19-11-9-16(2)10-12-19)23(29)25-15-22(27(3)4)17-7-6-8-18(24)13-17/h6-14,22H,5,15H2,1-4H3,(H,25,29)/t22-/m1/s1. The third-order valence-corrected chi connectivity index (χ3v) is 5.04.